The molecule has 0 heterocycles. The number of hydrogen-bond donors (Lipinski definition) is 1. The zero-order valence-electron chi connectivity index (χ0n) is 10.0. The number of amides is 1. The third kappa shape index (κ3) is 4.18. The molecule has 0 bridgehead atoms. The molecule has 1 aromatic rings. The van der Waals surface area contributed by atoms with Crippen LogP contribution in [0.3, 0.4) is 0 Å². The van der Waals surface area contributed by atoms with E-state index in [1.54, 1.807) is 0 Å². The summed E-state index contributed by atoms with van der Waals surface area (Å²) in [5.41, 5.74) is 2.28. The van der Waals surface area contributed by atoms with Crippen LogP contribution in [-0.4, -0.2) is 12.5 Å². The molecule has 1 rings (SSSR count). The van der Waals surface area contributed by atoms with E-state index in [2.05, 4.69) is 43.1 Å². The summed E-state index contributed by atoms with van der Waals surface area (Å²) in [4.78, 5) is 10.6. The van der Waals surface area contributed by atoms with Crippen molar-refractivity contribution >= 4 is 5.91 Å². The van der Waals surface area contributed by atoms with E-state index in [1.165, 1.54) is 12.5 Å². The molecule has 0 aliphatic carbocycles. The lowest BCUT2D eigenvalue weighted by Gasteiger charge is -2.04. The molecule has 0 atom stereocenters. The van der Waals surface area contributed by atoms with E-state index in [0.29, 0.717) is 12.5 Å². The fourth-order valence-corrected chi connectivity index (χ4v) is 1.29. The molecule has 0 aliphatic rings. The minimum Gasteiger partial charge on any atom is -0.345 e. The molecule has 2 heteroatoms. The molecule has 0 saturated heterocycles. The van der Waals surface area contributed by atoms with Crippen LogP contribution in [0.15, 0.2) is 24.3 Å². The first-order valence-electron chi connectivity index (χ1n) is 5.43. The van der Waals surface area contributed by atoms with Gasteiger partial charge in [0, 0.05) is 12.5 Å². The second-order valence-electron chi connectivity index (χ2n) is 3.99. The lowest BCUT2D eigenvalue weighted by molar-refractivity contribution is -0.118. The normalized spacial score (nSPS) is 9.50. The third-order valence-corrected chi connectivity index (χ3v) is 2.21. The summed E-state index contributed by atoms with van der Waals surface area (Å²) in [6, 6.07) is 8.18. The summed E-state index contributed by atoms with van der Waals surface area (Å²) in [6.07, 6.45) is 0. The highest BCUT2D eigenvalue weighted by molar-refractivity contribution is 5.73. The molecule has 0 fully saturated rings. The highest BCUT2D eigenvalue weighted by Crippen LogP contribution is 2.14. The Morgan fingerprint density at radius 3 is 2.81 bits per heavy atom. The summed E-state index contributed by atoms with van der Waals surface area (Å²) in [5, 5.41) is 2.64. The van der Waals surface area contributed by atoms with Crippen LogP contribution in [0, 0.1) is 11.8 Å². The smallest absolute Gasteiger partial charge is 0.217 e. The molecule has 2 nitrogen and oxygen atoms in total. The van der Waals surface area contributed by atoms with Crippen LogP contribution in [0.4, 0.5) is 0 Å². The van der Waals surface area contributed by atoms with Gasteiger partial charge in [-0.05, 0) is 23.6 Å². The SMILES string of the molecule is CC(=O)NCC#Cc1cccc(C(C)C)c1. The van der Waals surface area contributed by atoms with E-state index in [1.807, 2.05) is 12.1 Å². The van der Waals surface area contributed by atoms with Crippen LogP contribution in [0.25, 0.3) is 0 Å². The van der Waals surface area contributed by atoms with Crippen LogP contribution < -0.4 is 5.32 Å². The van der Waals surface area contributed by atoms with E-state index in [0.717, 1.165) is 5.56 Å². The first-order chi connectivity index (χ1) is 7.59. The topological polar surface area (TPSA) is 29.1 Å². The largest absolute Gasteiger partial charge is 0.345 e. The molecular formula is C14H17NO. The molecule has 0 spiro atoms. The van der Waals surface area contributed by atoms with E-state index in [9.17, 15) is 4.79 Å². The fourth-order valence-electron chi connectivity index (χ4n) is 1.29. The van der Waals surface area contributed by atoms with Crippen molar-refractivity contribution in [1.29, 1.82) is 0 Å². The number of benzene rings is 1. The third-order valence-electron chi connectivity index (χ3n) is 2.21. The maximum atomic E-state index is 10.6. The highest BCUT2D eigenvalue weighted by Gasteiger charge is 1.97. The summed E-state index contributed by atoms with van der Waals surface area (Å²) >= 11 is 0. The van der Waals surface area contributed by atoms with E-state index in [-0.39, 0.29) is 5.91 Å². The van der Waals surface area contributed by atoms with Gasteiger partial charge in [-0.2, -0.15) is 0 Å². The van der Waals surface area contributed by atoms with Crippen LogP contribution in [0.1, 0.15) is 37.8 Å². The summed E-state index contributed by atoms with van der Waals surface area (Å²) in [6.45, 7) is 6.20. The van der Waals surface area contributed by atoms with E-state index in [4.69, 9.17) is 0 Å². The van der Waals surface area contributed by atoms with Crippen molar-refractivity contribution in [3.05, 3.63) is 35.4 Å². The zero-order chi connectivity index (χ0) is 12.0. The van der Waals surface area contributed by atoms with Crippen molar-refractivity contribution in [1.82, 2.24) is 5.32 Å². The van der Waals surface area contributed by atoms with Gasteiger partial charge in [0.25, 0.3) is 0 Å². The molecule has 0 radical (unpaired) electrons. The Bertz CT molecular complexity index is 424. The molecule has 16 heavy (non-hydrogen) atoms. The molecule has 1 amide bonds. The minimum atomic E-state index is -0.0507. The Hall–Kier alpha value is -1.75. The van der Waals surface area contributed by atoms with Crippen LogP contribution in [0.2, 0.25) is 0 Å². The van der Waals surface area contributed by atoms with Gasteiger partial charge in [-0.3, -0.25) is 4.79 Å². The highest BCUT2D eigenvalue weighted by atomic mass is 16.1. The second kappa shape index (κ2) is 5.97. The number of hydrogen-bond acceptors (Lipinski definition) is 1. The first-order valence-corrected chi connectivity index (χ1v) is 5.43. The van der Waals surface area contributed by atoms with E-state index < -0.39 is 0 Å². The van der Waals surface area contributed by atoms with Gasteiger partial charge in [0.15, 0.2) is 0 Å². The van der Waals surface area contributed by atoms with Crippen molar-refractivity contribution in [2.75, 3.05) is 6.54 Å². The Balaban J connectivity index is 2.66. The lowest BCUT2D eigenvalue weighted by Crippen LogP contribution is -2.19. The average molecular weight is 215 g/mol. The Morgan fingerprint density at radius 2 is 2.19 bits per heavy atom. The maximum absolute atomic E-state index is 10.6. The Kier molecular flexibility index (Phi) is 4.60. The number of carbonyl (C=O) groups excluding carboxylic acids is 1. The van der Waals surface area contributed by atoms with Gasteiger partial charge in [0.1, 0.15) is 0 Å². The van der Waals surface area contributed by atoms with Crippen LogP contribution in [0.5, 0.6) is 0 Å². The maximum Gasteiger partial charge on any atom is 0.217 e. The molecule has 0 aliphatic heterocycles. The average Bonchev–Trinajstić information content (AvgIpc) is 2.24. The standard InChI is InChI=1S/C14H17NO/c1-11(2)14-8-4-6-13(10-14)7-5-9-15-12(3)16/h4,6,8,10-11H,9H2,1-3H3,(H,15,16). The van der Waals surface area contributed by atoms with Gasteiger partial charge in [0.05, 0.1) is 6.54 Å². The number of carbonyl (C=O) groups is 1. The molecule has 1 aromatic carbocycles. The monoisotopic (exact) mass is 215 g/mol. The minimum absolute atomic E-state index is 0.0507. The van der Waals surface area contributed by atoms with Crippen LogP contribution >= 0.6 is 0 Å². The summed E-state index contributed by atoms with van der Waals surface area (Å²) in [7, 11) is 0. The predicted octanol–water partition coefficient (Wildman–Crippen LogP) is 2.30. The van der Waals surface area contributed by atoms with Crippen molar-refractivity contribution in [2.45, 2.75) is 26.7 Å². The van der Waals surface area contributed by atoms with Crippen molar-refractivity contribution < 1.29 is 4.79 Å². The quantitative estimate of drug-likeness (QED) is 0.753. The number of rotatable bonds is 2. The Labute approximate surface area is 97.1 Å². The van der Waals surface area contributed by atoms with Crippen molar-refractivity contribution in [3.63, 3.8) is 0 Å². The first kappa shape index (κ1) is 12.3. The van der Waals surface area contributed by atoms with Crippen LogP contribution in [-0.2, 0) is 4.79 Å². The van der Waals surface area contributed by atoms with Gasteiger partial charge in [0.2, 0.25) is 5.91 Å². The predicted molar refractivity (Wildman–Crippen MR) is 66.1 cm³/mol. The fraction of sp³-hybridized carbons (Fsp3) is 0.357. The van der Waals surface area contributed by atoms with Gasteiger partial charge in [-0.1, -0.05) is 37.8 Å². The number of nitrogens with one attached hydrogen (secondary N) is 1. The van der Waals surface area contributed by atoms with Crippen molar-refractivity contribution in [3.8, 4) is 11.8 Å². The molecule has 84 valence electrons. The zero-order valence-corrected chi connectivity index (χ0v) is 10.0. The molecule has 0 unspecified atom stereocenters. The van der Waals surface area contributed by atoms with Crippen molar-refractivity contribution in [2.24, 2.45) is 0 Å². The summed E-state index contributed by atoms with van der Waals surface area (Å²) < 4.78 is 0. The van der Waals surface area contributed by atoms with E-state index >= 15 is 0 Å². The van der Waals surface area contributed by atoms with Gasteiger partial charge < -0.3 is 5.32 Å². The van der Waals surface area contributed by atoms with Gasteiger partial charge >= 0.3 is 0 Å². The second-order valence-corrected chi connectivity index (χ2v) is 3.99. The van der Waals surface area contributed by atoms with Gasteiger partial charge in [-0.15, -0.1) is 0 Å². The summed E-state index contributed by atoms with van der Waals surface area (Å²) in [5.74, 6) is 6.41. The molecular weight excluding hydrogens is 198 g/mol. The van der Waals surface area contributed by atoms with Gasteiger partial charge in [-0.25, -0.2) is 0 Å². The Morgan fingerprint density at radius 1 is 1.44 bits per heavy atom. The molecule has 1 N–H and O–H groups in total. The molecule has 0 aromatic heterocycles. The lowest BCUT2D eigenvalue weighted by atomic mass is 10.0. The molecule has 0 saturated carbocycles.